The van der Waals surface area contributed by atoms with Crippen molar-refractivity contribution in [3.05, 3.63) is 32.0 Å². The lowest BCUT2D eigenvalue weighted by molar-refractivity contribution is 0.510. The largest absolute Gasteiger partial charge is 0.406 e. The minimum Gasteiger partial charge on any atom is -0.406 e. The number of halogens is 4. The van der Waals surface area contributed by atoms with E-state index < -0.39 is 0 Å². The fourth-order valence-corrected chi connectivity index (χ4v) is 3.17. The molecule has 1 unspecified atom stereocenters. The number of nitrogens with zero attached hydrogens (tertiary/aromatic N) is 2. The van der Waals surface area contributed by atoms with Gasteiger partial charge in [0.1, 0.15) is 5.38 Å². The minimum absolute atomic E-state index is 0.265. The highest BCUT2D eigenvalue weighted by molar-refractivity contribution is 9.11. The van der Waals surface area contributed by atoms with Gasteiger partial charge in [-0.25, -0.2) is 0 Å². The molecular formula is C10H7Br2Cl2N3O. The quantitative estimate of drug-likeness (QED) is 0.692. The van der Waals surface area contributed by atoms with E-state index in [-0.39, 0.29) is 11.4 Å². The maximum atomic E-state index is 5.91. The Morgan fingerprint density at radius 3 is 2.39 bits per heavy atom. The van der Waals surface area contributed by atoms with Crippen LogP contribution in [0, 0.1) is 0 Å². The van der Waals surface area contributed by atoms with E-state index in [0.717, 1.165) is 14.6 Å². The third kappa shape index (κ3) is 3.17. The van der Waals surface area contributed by atoms with Gasteiger partial charge in [0.15, 0.2) is 0 Å². The van der Waals surface area contributed by atoms with Gasteiger partial charge in [-0.2, -0.15) is 0 Å². The molecule has 0 bridgehead atoms. The highest BCUT2D eigenvalue weighted by atomic mass is 79.9. The third-order valence-electron chi connectivity index (χ3n) is 2.02. The first kappa shape index (κ1) is 14.1. The summed E-state index contributed by atoms with van der Waals surface area (Å²) in [5, 5.41) is 10.9. The van der Waals surface area contributed by atoms with Crippen LogP contribution >= 0.6 is 55.1 Å². The summed E-state index contributed by atoms with van der Waals surface area (Å²) in [5.74, 6) is 0.361. The van der Waals surface area contributed by atoms with Gasteiger partial charge >= 0.3 is 6.01 Å². The van der Waals surface area contributed by atoms with Crippen molar-refractivity contribution in [1.82, 2.24) is 10.2 Å². The molecular weight excluding hydrogens is 409 g/mol. The first-order valence-electron chi connectivity index (χ1n) is 4.86. The van der Waals surface area contributed by atoms with Crippen LogP contribution < -0.4 is 5.32 Å². The van der Waals surface area contributed by atoms with Crippen LogP contribution in [0.15, 0.2) is 25.5 Å². The zero-order valence-electron chi connectivity index (χ0n) is 9.05. The molecule has 1 heterocycles. The van der Waals surface area contributed by atoms with Crippen LogP contribution in [0.25, 0.3) is 0 Å². The maximum Gasteiger partial charge on any atom is 0.320 e. The van der Waals surface area contributed by atoms with Crippen molar-refractivity contribution in [2.45, 2.75) is 12.3 Å². The van der Waals surface area contributed by atoms with Crippen molar-refractivity contribution in [2.24, 2.45) is 0 Å². The van der Waals surface area contributed by atoms with Gasteiger partial charge in [0.05, 0.1) is 5.69 Å². The smallest absolute Gasteiger partial charge is 0.320 e. The van der Waals surface area contributed by atoms with Gasteiger partial charge in [0, 0.05) is 14.0 Å². The summed E-state index contributed by atoms with van der Waals surface area (Å²) in [6.07, 6.45) is 0. The number of nitrogens with one attached hydrogen (secondary N) is 1. The predicted octanol–water partition coefficient (Wildman–Crippen LogP) is 5.29. The fraction of sp³-hybridized carbons (Fsp3) is 0.200. The Morgan fingerprint density at radius 2 is 1.89 bits per heavy atom. The van der Waals surface area contributed by atoms with E-state index >= 15 is 0 Å². The predicted molar refractivity (Wildman–Crippen MR) is 78.7 cm³/mol. The Morgan fingerprint density at radius 1 is 1.28 bits per heavy atom. The van der Waals surface area contributed by atoms with E-state index in [4.69, 9.17) is 27.6 Å². The normalized spacial score (nSPS) is 12.5. The molecule has 2 rings (SSSR count). The molecule has 0 aliphatic carbocycles. The molecule has 1 aromatic carbocycles. The molecule has 0 saturated carbocycles. The van der Waals surface area contributed by atoms with E-state index in [0.29, 0.717) is 10.9 Å². The van der Waals surface area contributed by atoms with Crippen LogP contribution in [0.4, 0.5) is 11.7 Å². The number of anilines is 2. The molecule has 8 heteroatoms. The van der Waals surface area contributed by atoms with Crippen molar-refractivity contribution < 1.29 is 4.42 Å². The molecule has 0 fully saturated rings. The standard InChI is InChI=1S/C10H7Br2Cl2N3O/c1-4(13)9-16-17-10(18-9)15-8-6(11)2-5(14)3-7(8)12/h2-4H,1H3,(H,15,17). The van der Waals surface area contributed by atoms with Crippen molar-refractivity contribution in [1.29, 1.82) is 0 Å². The highest BCUT2D eigenvalue weighted by Gasteiger charge is 2.14. The highest BCUT2D eigenvalue weighted by Crippen LogP contribution is 2.36. The van der Waals surface area contributed by atoms with Crippen molar-refractivity contribution >= 4 is 66.8 Å². The molecule has 18 heavy (non-hydrogen) atoms. The van der Waals surface area contributed by atoms with Gasteiger partial charge in [0.2, 0.25) is 5.89 Å². The summed E-state index contributed by atoms with van der Waals surface area (Å²) in [6, 6.07) is 3.79. The lowest BCUT2D eigenvalue weighted by atomic mass is 10.3. The molecule has 1 N–H and O–H groups in total. The molecule has 96 valence electrons. The van der Waals surface area contributed by atoms with Crippen LogP contribution in [0.1, 0.15) is 18.2 Å². The molecule has 0 amide bonds. The van der Waals surface area contributed by atoms with Crippen molar-refractivity contribution in [3.8, 4) is 0 Å². The van der Waals surface area contributed by atoms with Gasteiger partial charge in [-0.3, -0.25) is 0 Å². The lowest BCUT2D eigenvalue weighted by Crippen LogP contribution is -1.93. The van der Waals surface area contributed by atoms with E-state index in [1.54, 1.807) is 19.1 Å². The van der Waals surface area contributed by atoms with E-state index in [9.17, 15) is 0 Å². The molecule has 0 spiro atoms. The topological polar surface area (TPSA) is 51.0 Å². The van der Waals surface area contributed by atoms with Gasteiger partial charge < -0.3 is 9.73 Å². The second-order valence-electron chi connectivity index (χ2n) is 3.43. The number of aromatic nitrogens is 2. The molecule has 0 aliphatic rings. The van der Waals surface area contributed by atoms with Crippen LogP contribution in [0.3, 0.4) is 0 Å². The zero-order valence-corrected chi connectivity index (χ0v) is 13.7. The molecule has 0 saturated heterocycles. The van der Waals surface area contributed by atoms with E-state index in [1.165, 1.54) is 0 Å². The number of benzene rings is 1. The summed E-state index contributed by atoms with van der Waals surface area (Å²) in [4.78, 5) is 0. The SMILES string of the molecule is CC(Cl)c1nnc(Nc2c(Br)cc(Cl)cc2Br)o1. The lowest BCUT2D eigenvalue weighted by Gasteiger charge is -2.07. The zero-order chi connectivity index (χ0) is 13.3. The average Bonchev–Trinajstić information content (AvgIpc) is 2.71. The summed E-state index contributed by atoms with van der Waals surface area (Å²) >= 11 is 18.6. The average molecular weight is 416 g/mol. The van der Waals surface area contributed by atoms with Crippen LogP contribution in [-0.2, 0) is 0 Å². The summed E-state index contributed by atoms with van der Waals surface area (Å²) < 4.78 is 6.91. The Bertz CT molecular complexity index is 551. The number of hydrogen-bond acceptors (Lipinski definition) is 4. The third-order valence-corrected chi connectivity index (χ3v) is 3.68. The summed E-state index contributed by atoms with van der Waals surface area (Å²) in [5.41, 5.74) is 0.747. The molecule has 4 nitrogen and oxygen atoms in total. The fourth-order valence-electron chi connectivity index (χ4n) is 1.21. The molecule has 1 atom stereocenters. The molecule has 0 radical (unpaired) electrons. The van der Waals surface area contributed by atoms with Crippen LogP contribution in [0.5, 0.6) is 0 Å². The van der Waals surface area contributed by atoms with Crippen molar-refractivity contribution in [3.63, 3.8) is 0 Å². The van der Waals surface area contributed by atoms with E-state index in [2.05, 4.69) is 47.4 Å². The van der Waals surface area contributed by atoms with Gasteiger partial charge in [0.25, 0.3) is 0 Å². The monoisotopic (exact) mass is 413 g/mol. The number of rotatable bonds is 3. The van der Waals surface area contributed by atoms with Gasteiger partial charge in [-0.05, 0) is 50.9 Å². The van der Waals surface area contributed by atoms with E-state index in [1.807, 2.05) is 0 Å². The molecule has 2 aromatic rings. The summed E-state index contributed by atoms with van der Waals surface area (Å²) in [6.45, 7) is 1.76. The number of alkyl halides is 1. The van der Waals surface area contributed by atoms with Crippen LogP contribution in [0.2, 0.25) is 5.02 Å². The maximum absolute atomic E-state index is 5.91. The number of hydrogen-bond donors (Lipinski definition) is 1. The Hall–Kier alpha value is -0.300. The second-order valence-corrected chi connectivity index (χ2v) is 6.23. The van der Waals surface area contributed by atoms with Crippen molar-refractivity contribution in [2.75, 3.05) is 5.32 Å². The van der Waals surface area contributed by atoms with Gasteiger partial charge in [-0.1, -0.05) is 16.7 Å². The van der Waals surface area contributed by atoms with Crippen LogP contribution in [-0.4, -0.2) is 10.2 Å². The molecule has 1 aromatic heterocycles. The Labute approximate surface area is 130 Å². The first-order chi connectivity index (χ1) is 8.47. The second kappa shape index (κ2) is 5.77. The van der Waals surface area contributed by atoms with Gasteiger partial charge in [-0.15, -0.1) is 16.7 Å². The first-order valence-corrected chi connectivity index (χ1v) is 7.26. The minimum atomic E-state index is -0.329. The Kier molecular flexibility index (Phi) is 4.53. The molecule has 0 aliphatic heterocycles. The summed E-state index contributed by atoms with van der Waals surface area (Å²) in [7, 11) is 0. The Balaban J connectivity index is 2.28.